The van der Waals surface area contributed by atoms with E-state index in [4.69, 9.17) is 4.74 Å². The highest BCUT2D eigenvalue weighted by Gasteiger charge is 2.24. The first kappa shape index (κ1) is 19.9. The molecular formula is C23H28N2O3. The molecule has 0 aromatic heterocycles. The fourth-order valence-corrected chi connectivity index (χ4v) is 3.45. The molecule has 2 aromatic carbocycles. The lowest BCUT2D eigenvalue weighted by Gasteiger charge is -2.32. The Hall–Kier alpha value is -2.82. The van der Waals surface area contributed by atoms with Gasteiger partial charge >= 0.3 is 0 Å². The zero-order valence-electron chi connectivity index (χ0n) is 16.6. The number of benzene rings is 2. The molecule has 1 aliphatic rings. The van der Waals surface area contributed by atoms with Gasteiger partial charge in [-0.3, -0.25) is 9.59 Å². The molecule has 0 bridgehead atoms. The zero-order valence-corrected chi connectivity index (χ0v) is 16.6. The van der Waals surface area contributed by atoms with E-state index >= 15 is 0 Å². The number of ether oxygens (including phenoxy) is 1. The largest absolute Gasteiger partial charge is 0.483 e. The monoisotopic (exact) mass is 380 g/mol. The van der Waals surface area contributed by atoms with E-state index in [0.717, 1.165) is 41.7 Å². The molecule has 1 aliphatic heterocycles. The summed E-state index contributed by atoms with van der Waals surface area (Å²) in [7, 11) is 0. The third kappa shape index (κ3) is 5.12. The summed E-state index contributed by atoms with van der Waals surface area (Å²) < 4.78 is 5.68. The highest BCUT2D eigenvalue weighted by Crippen LogP contribution is 2.18. The molecule has 1 fully saturated rings. The van der Waals surface area contributed by atoms with Crippen molar-refractivity contribution in [3.63, 3.8) is 0 Å². The summed E-state index contributed by atoms with van der Waals surface area (Å²) in [6.07, 6.45) is 2.38. The molecule has 1 saturated heterocycles. The third-order valence-corrected chi connectivity index (χ3v) is 5.16. The number of rotatable bonds is 6. The van der Waals surface area contributed by atoms with Crippen LogP contribution in [0.25, 0.3) is 0 Å². The molecule has 0 radical (unpaired) electrons. The Bertz CT molecular complexity index is 809. The number of nitrogens with one attached hydrogen (secondary N) is 1. The molecule has 0 aliphatic carbocycles. The van der Waals surface area contributed by atoms with Gasteiger partial charge in [0.15, 0.2) is 6.61 Å². The third-order valence-electron chi connectivity index (χ3n) is 5.16. The van der Waals surface area contributed by atoms with Crippen LogP contribution in [0.5, 0.6) is 5.75 Å². The number of carbonyl (C=O) groups is 2. The first-order valence-corrected chi connectivity index (χ1v) is 9.93. The van der Waals surface area contributed by atoms with E-state index in [-0.39, 0.29) is 24.5 Å². The molecular weight excluding hydrogens is 352 g/mol. The first-order chi connectivity index (χ1) is 13.6. The Labute approximate surface area is 166 Å². The summed E-state index contributed by atoms with van der Waals surface area (Å²) in [6, 6.07) is 15.5. The predicted molar refractivity (Wildman–Crippen MR) is 110 cm³/mol. The van der Waals surface area contributed by atoms with Crippen LogP contribution in [-0.4, -0.2) is 42.5 Å². The SMILES string of the molecule is CCc1ccccc1OCC(=O)NC1CCN(C(=O)c2ccc(C)cc2)CC1. The number of amides is 2. The minimum Gasteiger partial charge on any atom is -0.483 e. The number of nitrogens with zero attached hydrogens (tertiary/aromatic N) is 1. The number of likely N-dealkylation sites (tertiary alicyclic amines) is 1. The van der Waals surface area contributed by atoms with Crippen molar-refractivity contribution >= 4 is 11.8 Å². The Balaban J connectivity index is 1.44. The Morgan fingerprint density at radius 3 is 2.43 bits per heavy atom. The van der Waals surface area contributed by atoms with Crippen LogP contribution in [0.15, 0.2) is 48.5 Å². The Kier molecular flexibility index (Phi) is 6.69. The predicted octanol–water partition coefficient (Wildman–Crippen LogP) is 3.36. The molecule has 0 atom stereocenters. The number of hydrogen-bond acceptors (Lipinski definition) is 3. The van der Waals surface area contributed by atoms with Crippen molar-refractivity contribution in [2.45, 2.75) is 39.2 Å². The average Bonchev–Trinajstić information content (AvgIpc) is 2.73. The van der Waals surface area contributed by atoms with E-state index in [9.17, 15) is 9.59 Å². The van der Waals surface area contributed by atoms with Crippen LogP contribution in [0.1, 0.15) is 41.3 Å². The van der Waals surface area contributed by atoms with Crippen molar-refractivity contribution in [3.8, 4) is 5.75 Å². The molecule has 28 heavy (non-hydrogen) atoms. The van der Waals surface area contributed by atoms with E-state index in [1.165, 1.54) is 0 Å². The van der Waals surface area contributed by atoms with Gasteiger partial charge in [0.1, 0.15) is 5.75 Å². The summed E-state index contributed by atoms with van der Waals surface area (Å²) in [4.78, 5) is 26.7. The van der Waals surface area contributed by atoms with Crippen molar-refractivity contribution in [2.24, 2.45) is 0 Å². The minimum atomic E-state index is -0.116. The van der Waals surface area contributed by atoms with Crippen molar-refractivity contribution in [2.75, 3.05) is 19.7 Å². The second kappa shape index (κ2) is 9.40. The summed E-state index contributed by atoms with van der Waals surface area (Å²) in [5.41, 5.74) is 2.95. The van der Waals surface area contributed by atoms with Gasteiger partial charge in [-0.25, -0.2) is 0 Å². The van der Waals surface area contributed by atoms with Gasteiger partial charge in [0, 0.05) is 24.7 Å². The van der Waals surface area contributed by atoms with Crippen molar-refractivity contribution in [3.05, 3.63) is 65.2 Å². The molecule has 0 unspecified atom stereocenters. The molecule has 0 saturated carbocycles. The lowest BCUT2D eigenvalue weighted by molar-refractivity contribution is -0.124. The lowest BCUT2D eigenvalue weighted by atomic mass is 10.0. The summed E-state index contributed by atoms with van der Waals surface area (Å²) in [5, 5.41) is 3.03. The summed E-state index contributed by atoms with van der Waals surface area (Å²) >= 11 is 0. The number of carbonyl (C=O) groups excluding carboxylic acids is 2. The second-order valence-corrected chi connectivity index (χ2v) is 7.25. The van der Waals surface area contributed by atoms with Crippen LogP contribution in [0.3, 0.4) is 0 Å². The van der Waals surface area contributed by atoms with Crippen LogP contribution in [0, 0.1) is 6.92 Å². The van der Waals surface area contributed by atoms with Gasteiger partial charge < -0.3 is 15.0 Å². The number of para-hydroxylation sites is 1. The minimum absolute atomic E-state index is 0.0134. The van der Waals surface area contributed by atoms with E-state index in [1.807, 2.05) is 60.4 Å². The van der Waals surface area contributed by atoms with E-state index < -0.39 is 0 Å². The number of hydrogen-bond donors (Lipinski definition) is 1. The fraction of sp³-hybridized carbons (Fsp3) is 0.391. The van der Waals surface area contributed by atoms with E-state index in [1.54, 1.807) is 0 Å². The van der Waals surface area contributed by atoms with Gasteiger partial charge in [-0.1, -0.05) is 42.8 Å². The quantitative estimate of drug-likeness (QED) is 0.836. The molecule has 1 N–H and O–H groups in total. The Morgan fingerprint density at radius 2 is 1.75 bits per heavy atom. The maximum absolute atomic E-state index is 12.6. The van der Waals surface area contributed by atoms with Crippen LogP contribution in [-0.2, 0) is 11.2 Å². The van der Waals surface area contributed by atoms with Gasteiger partial charge in [0.05, 0.1) is 0 Å². The molecule has 5 heteroatoms. The normalized spacial score (nSPS) is 14.6. The standard InChI is InChI=1S/C23H28N2O3/c1-3-18-6-4-5-7-21(18)28-16-22(26)24-20-12-14-25(15-13-20)23(27)19-10-8-17(2)9-11-19/h4-11,20H,3,12-16H2,1-2H3,(H,24,26). The molecule has 148 valence electrons. The van der Waals surface area contributed by atoms with Gasteiger partial charge in [-0.15, -0.1) is 0 Å². The van der Waals surface area contributed by atoms with Gasteiger partial charge in [-0.05, 0) is 49.9 Å². The first-order valence-electron chi connectivity index (χ1n) is 9.93. The highest BCUT2D eigenvalue weighted by molar-refractivity contribution is 5.94. The number of piperidine rings is 1. The lowest BCUT2D eigenvalue weighted by Crippen LogP contribution is -2.47. The van der Waals surface area contributed by atoms with Crippen LogP contribution in [0.4, 0.5) is 0 Å². The van der Waals surface area contributed by atoms with Gasteiger partial charge in [0.2, 0.25) is 0 Å². The van der Waals surface area contributed by atoms with E-state index in [0.29, 0.717) is 13.1 Å². The average molecular weight is 380 g/mol. The van der Waals surface area contributed by atoms with Crippen molar-refractivity contribution in [1.82, 2.24) is 10.2 Å². The molecule has 2 aromatic rings. The van der Waals surface area contributed by atoms with Gasteiger partial charge in [0.25, 0.3) is 11.8 Å². The maximum atomic E-state index is 12.6. The van der Waals surface area contributed by atoms with Crippen LogP contribution >= 0.6 is 0 Å². The van der Waals surface area contributed by atoms with Crippen molar-refractivity contribution in [1.29, 1.82) is 0 Å². The molecule has 0 spiro atoms. The molecule has 5 nitrogen and oxygen atoms in total. The smallest absolute Gasteiger partial charge is 0.258 e. The molecule has 2 amide bonds. The second-order valence-electron chi connectivity index (χ2n) is 7.25. The highest BCUT2D eigenvalue weighted by atomic mass is 16.5. The summed E-state index contributed by atoms with van der Waals surface area (Å²) in [5.74, 6) is 0.706. The zero-order chi connectivity index (χ0) is 19.9. The maximum Gasteiger partial charge on any atom is 0.258 e. The fourth-order valence-electron chi connectivity index (χ4n) is 3.45. The molecule has 3 rings (SSSR count). The van der Waals surface area contributed by atoms with E-state index in [2.05, 4.69) is 12.2 Å². The summed E-state index contributed by atoms with van der Waals surface area (Å²) in [6.45, 7) is 5.38. The topological polar surface area (TPSA) is 58.6 Å². The number of aryl methyl sites for hydroxylation is 2. The van der Waals surface area contributed by atoms with Gasteiger partial charge in [-0.2, -0.15) is 0 Å². The molecule has 1 heterocycles. The Morgan fingerprint density at radius 1 is 1.07 bits per heavy atom. The van der Waals surface area contributed by atoms with Crippen molar-refractivity contribution < 1.29 is 14.3 Å². The van der Waals surface area contributed by atoms with Crippen LogP contribution < -0.4 is 10.1 Å². The van der Waals surface area contributed by atoms with Crippen LogP contribution in [0.2, 0.25) is 0 Å².